The molecule has 0 radical (unpaired) electrons. The summed E-state index contributed by atoms with van der Waals surface area (Å²) in [4.78, 5) is 10.9. The third-order valence-corrected chi connectivity index (χ3v) is 2.06. The average molecular weight is 229 g/mol. The molecule has 0 fully saturated rings. The molecule has 0 aliphatic heterocycles. The molecule has 0 aliphatic rings. The van der Waals surface area contributed by atoms with Crippen LogP contribution in [0.2, 0.25) is 5.02 Å². The lowest BCUT2D eigenvalue weighted by molar-refractivity contribution is 0.0691. The van der Waals surface area contributed by atoms with Crippen molar-refractivity contribution in [1.82, 2.24) is 0 Å². The molecule has 0 spiro atoms. The minimum absolute atomic E-state index is 0.100. The summed E-state index contributed by atoms with van der Waals surface area (Å²) in [6.45, 7) is 4.42. The molecule has 0 amide bonds. The van der Waals surface area contributed by atoms with Crippen LogP contribution in [0.15, 0.2) is 18.2 Å². The van der Waals surface area contributed by atoms with E-state index in [4.69, 9.17) is 21.4 Å². The molecule has 1 aromatic rings. The van der Waals surface area contributed by atoms with E-state index in [0.717, 1.165) is 0 Å². The van der Waals surface area contributed by atoms with Gasteiger partial charge in [-0.3, -0.25) is 0 Å². The summed E-state index contributed by atoms with van der Waals surface area (Å²) in [6.07, 6.45) is 0. The lowest BCUT2D eigenvalue weighted by Gasteiger charge is -2.12. The Morgan fingerprint density at radius 1 is 1.53 bits per heavy atom. The lowest BCUT2D eigenvalue weighted by atomic mass is 10.2. The molecule has 82 valence electrons. The van der Waals surface area contributed by atoms with Gasteiger partial charge in [0.05, 0.1) is 11.6 Å². The van der Waals surface area contributed by atoms with E-state index in [2.05, 4.69) is 0 Å². The molecule has 0 saturated carbocycles. The van der Waals surface area contributed by atoms with Crippen molar-refractivity contribution in [2.45, 2.75) is 13.8 Å². The van der Waals surface area contributed by atoms with Crippen molar-refractivity contribution < 1.29 is 14.6 Å². The SMILES string of the molecule is CC(C)COc1c(Cl)cccc1C(=O)O. The van der Waals surface area contributed by atoms with E-state index in [1.165, 1.54) is 6.07 Å². The summed E-state index contributed by atoms with van der Waals surface area (Å²) in [5, 5.41) is 9.25. The predicted molar refractivity (Wildman–Crippen MR) is 58.7 cm³/mol. The highest BCUT2D eigenvalue weighted by atomic mass is 35.5. The molecule has 0 atom stereocenters. The Morgan fingerprint density at radius 3 is 2.73 bits per heavy atom. The summed E-state index contributed by atoms with van der Waals surface area (Å²) < 4.78 is 5.38. The Labute approximate surface area is 93.6 Å². The Morgan fingerprint density at radius 2 is 2.20 bits per heavy atom. The van der Waals surface area contributed by atoms with Gasteiger partial charge < -0.3 is 9.84 Å². The Balaban J connectivity index is 2.97. The van der Waals surface area contributed by atoms with Gasteiger partial charge in [0.25, 0.3) is 0 Å². The second-order valence-corrected chi connectivity index (χ2v) is 4.03. The average Bonchev–Trinajstić information content (AvgIpc) is 2.15. The zero-order valence-corrected chi connectivity index (χ0v) is 9.41. The normalized spacial score (nSPS) is 10.4. The highest BCUT2D eigenvalue weighted by Gasteiger charge is 2.14. The van der Waals surface area contributed by atoms with Gasteiger partial charge in [0.15, 0.2) is 5.75 Å². The van der Waals surface area contributed by atoms with Crippen LogP contribution in [0, 0.1) is 5.92 Å². The van der Waals surface area contributed by atoms with Gasteiger partial charge >= 0.3 is 5.97 Å². The number of carbonyl (C=O) groups is 1. The molecule has 0 saturated heterocycles. The molecular weight excluding hydrogens is 216 g/mol. The van der Waals surface area contributed by atoms with Crippen molar-refractivity contribution in [2.24, 2.45) is 5.92 Å². The highest BCUT2D eigenvalue weighted by molar-refractivity contribution is 6.32. The quantitative estimate of drug-likeness (QED) is 0.862. The summed E-state index contributed by atoms with van der Waals surface area (Å²) in [5.74, 6) is -0.459. The third-order valence-electron chi connectivity index (χ3n) is 1.76. The van der Waals surface area contributed by atoms with Crippen molar-refractivity contribution in [3.63, 3.8) is 0 Å². The molecule has 15 heavy (non-hydrogen) atoms. The maximum absolute atomic E-state index is 10.9. The van der Waals surface area contributed by atoms with Crippen molar-refractivity contribution >= 4 is 17.6 Å². The van der Waals surface area contributed by atoms with Crippen LogP contribution in [0.25, 0.3) is 0 Å². The fourth-order valence-electron chi connectivity index (χ4n) is 1.07. The maximum Gasteiger partial charge on any atom is 0.339 e. The molecule has 0 bridgehead atoms. The minimum Gasteiger partial charge on any atom is -0.491 e. The van der Waals surface area contributed by atoms with Gasteiger partial charge in [-0.15, -0.1) is 0 Å². The summed E-state index contributed by atoms with van der Waals surface area (Å²) >= 11 is 5.87. The minimum atomic E-state index is -1.03. The molecule has 0 heterocycles. The van der Waals surface area contributed by atoms with E-state index in [1.54, 1.807) is 12.1 Å². The fraction of sp³-hybridized carbons (Fsp3) is 0.364. The summed E-state index contributed by atoms with van der Waals surface area (Å²) in [7, 11) is 0. The number of hydrogen-bond donors (Lipinski definition) is 1. The first-order chi connectivity index (χ1) is 7.02. The van der Waals surface area contributed by atoms with E-state index in [9.17, 15) is 4.79 Å². The largest absolute Gasteiger partial charge is 0.491 e. The number of aromatic carboxylic acids is 1. The topological polar surface area (TPSA) is 46.5 Å². The van der Waals surface area contributed by atoms with E-state index in [1.807, 2.05) is 13.8 Å². The molecule has 3 nitrogen and oxygen atoms in total. The molecule has 1 aromatic carbocycles. The molecule has 0 aromatic heterocycles. The van der Waals surface area contributed by atoms with E-state index >= 15 is 0 Å². The number of carboxylic acids is 1. The number of hydrogen-bond acceptors (Lipinski definition) is 2. The second kappa shape index (κ2) is 5.03. The summed E-state index contributed by atoms with van der Waals surface area (Å²) in [6, 6.07) is 4.68. The van der Waals surface area contributed by atoms with Gasteiger partial charge in [-0.1, -0.05) is 31.5 Å². The number of halogens is 1. The lowest BCUT2D eigenvalue weighted by Crippen LogP contribution is -2.08. The first kappa shape index (κ1) is 11.9. The zero-order chi connectivity index (χ0) is 11.4. The third kappa shape index (κ3) is 3.13. The monoisotopic (exact) mass is 228 g/mol. The molecule has 4 heteroatoms. The Hall–Kier alpha value is -1.22. The van der Waals surface area contributed by atoms with Gasteiger partial charge in [0.2, 0.25) is 0 Å². The Bertz CT molecular complexity index is 361. The maximum atomic E-state index is 10.9. The standard InChI is InChI=1S/C11H13ClO3/c1-7(2)6-15-10-8(11(13)14)4-3-5-9(10)12/h3-5,7H,6H2,1-2H3,(H,13,14). The molecule has 0 unspecified atom stereocenters. The van der Waals surface area contributed by atoms with Gasteiger partial charge in [0.1, 0.15) is 5.56 Å². The van der Waals surface area contributed by atoms with Crippen LogP contribution < -0.4 is 4.74 Å². The van der Waals surface area contributed by atoms with Crippen LogP contribution >= 0.6 is 11.6 Å². The van der Waals surface area contributed by atoms with Gasteiger partial charge in [-0.2, -0.15) is 0 Å². The van der Waals surface area contributed by atoms with Gasteiger partial charge in [-0.25, -0.2) is 4.79 Å². The zero-order valence-electron chi connectivity index (χ0n) is 8.66. The van der Waals surface area contributed by atoms with E-state index in [0.29, 0.717) is 17.5 Å². The summed E-state index contributed by atoms with van der Waals surface area (Å²) in [5.41, 5.74) is 0.100. The van der Waals surface area contributed by atoms with Crippen LogP contribution in [0.3, 0.4) is 0 Å². The molecular formula is C11H13ClO3. The van der Waals surface area contributed by atoms with E-state index in [-0.39, 0.29) is 11.3 Å². The van der Waals surface area contributed by atoms with Crippen LogP contribution in [0.5, 0.6) is 5.75 Å². The molecule has 1 rings (SSSR count). The highest BCUT2D eigenvalue weighted by Crippen LogP contribution is 2.28. The molecule has 0 aliphatic carbocycles. The first-order valence-corrected chi connectivity index (χ1v) is 5.04. The van der Waals surface area contributed by atoms with Crippen molar-refractivity contribution in [3.8, 4) is 5.75 Å². The second-order valence-electron chi connectivity index (χ2n) is 3.63. The van der Waals surface area contributed by atoms with Crippen molar-refractivity contribution in [2.75, 3.05) is 6.61 Å². The number of rotatable bonds is 4. The number of benzene rings is 1. The fourth-order valence-corrected chi connectivity index (χ4v) is 1.30. The smallest absolute Gasteiger partial charge is 0.339 e. The van der Waals surface area contributed by atoms with Gasteiger partial charge in [-0.05, 0) is 18.1 Å². The van der Waals surface area contributed by atoms with Crippen LogP contribution in [-0.4, -0.2) is 17.7 Å². The van der Waals surface area contributed by atoms with E-state index < -0.39 is 5.97 Å². The number of carboxylic acid groups (broad SMARTS) is 1. The number of ether oxygens (including phenoxy) is 1. The number of para-hydroxylation sites is 1. The van der Waals surface area contributed by atoms with Crippen LogP contribution in [0.4, 0.5) is 0 Å². The van der Waals surface area contributed by atoms with Gasteiger partial charge in [0, 0.05) is 0 Å². The predicted octanol–water partition coefficient (Wildman–Crippen LogP) is 3.07. The van der Waals surface area contributed by atoms with Crippen molar-refractivity contribution in [1.29, 1.82) is 0 Å². The van der Waals surface area contributed by atoms with Crippen LogP contribution in [0.1, 0.15) is 24.2 Å². The Kier molecular flexibility index (Phi) is 3.97. The first-order valence-electron chi connectivity index (χ1n) is 4.67. The van der Waals surface area contributed by atoms with Crippen LogP contribution in [-0.2, 0) is 0 Å². The van der Waals surface area contributed by atoms with Crippen molar-refractivity contribution in [3.05, 3.63) is 28.8 Å². The molecule has 1 N–H and O–H groups in total.